The van der Waals surface area contributed by atoms with E-state index < -0.39 is 54.7 Å². The third kappa shape index (κ3) is 22.2. The van der Waals surface area contributed by atoms with Crippen molar-refractivity contribution in [3.8, 4) is 0 Å². The normalized spacial score (nSPS) is 32.2. The first-order chi connectivity index (χ1) is 41.2. The van der Waals surface area contributed by atoms with Gasteiger partial charge in [0.1, 0.15) is 24.4 Å². The van der Waals surface area contributed by atoms with Gasteiger partial charge < -0.3 is 59.8 Å². The van der Waals surface area contributed by atoms with E-state index in [2.05, 4.69) is 63.3 Å². The van der Waals surface area contributed by atoms with E-state index in [1.165, 1.54) is 11.1 Å². The Balaban J connectivity index is 0.000000238. The van der Waals surface area contributed by atoms with Crippen molar-refractivity contribution in [3.63, 3.8) is 0 Å². The van der Waals surface area contributed by atoms with Gasteiger partial charge in [0.2, 0.25) is 0 Å². The van der Waals surface area contributed by atoms with Crippen LogP contribution in [0.1, 0.15) is 191 Å². The van der Waals surface area contributed by atoms with E-state index in [0.29, 0.717) is 50.4 Å². The topological polar surface area (TPSA) is 301 Å². The smallest absolute Gasteiger partial charge is 0.308 e. The van der Waals surface area contributed by atoms with Crippen LogP contribution in [0, 0.1) is 71.0 Å². The van der Waals surface area contributed by atoms with Crippen LogP contribution in [0.15, 0.2) is 71.4 Å². The average molecular weight is 1220 g/mol. The number of hydrogen-bond donors (Lipinski definition) is 8. The number of fused-ring (bicyclic) bond motifs is 3. The van der Waals surface area contributed by atoms with Crippen LogP contribution in [0.25, 0.3) is 0 Å². The zero-order chi connectivity index (χ0) is 64.2. The van der Waals surface area contributed by atoms with Gasteiger partial charge in [-0.15, -0.1) is 0 Å². The number of cyclic esters (lactones) is 1. The molecule has 1 heterocycles. The van der Waals surface area contributed by atoms with E-state index in [1.54, 1.807) is 0 Å². The van der Waals surface area contributed by atoms with Gasteiger partial charge in [-0.2, -0.15) is 0 Å². The Morgan fingerprint density at radius 2 is 0.943 bits per heavy atom. The van der Waals surface area contributed by atoms with E-state index in [4.69, 9.17) is 29.2 Å². The number of allylic oxidation sites excluding steroid dienone is 8. The van der Waals surface area contributed by atoms with Gasteiger partial charge in [0.05, 0.1) is 73.6 Å². The Bertz CT molecular complexity index is 2440. The van der Waals surface area contributed by atoms with Crippen molar-refractivity contribution >= 4 is 35.8 Å². The molecule has 0 aromatic heterocycles. The molecule has 0 aromatic carbocycles. The lowest BCUT2D eigenvalue weighted by Gasteiger charge is -2.43. The first-order valence-electron chi connectivity index (χ1n) is 32.7. The molecule has 0 bridgehead atoms. The van der Waals surface area contributed by atoms with Gasteiger partial charge in [-0.3, -0.25) is 28.8 Å². The molecule has 18 heteroatoms. The number of ether oxygens (including phenoxy) is 4. The molecule has 1 saturated heterocycles. The number of aliphatic hydroxyl groups excluding tert-OH is 6. The zero-order valence-corrected chi connectivity index (χ0v) is 53.2. The number of rotatable bonds is 26. The second kappa shape index (κ2) is 35.4. The van der Waals surface area contributed by atoms with Gasteiger partial charge in [0.15, 0.2) is 0 Å². The molecule has 0 saturated carbocycles. The van der Waals surface area contributed by atoms with Gasteiger partial charge in [-0.25, -0.2) is 0 Å². The molecule has 87 heavy (non-hydrogen) atoms. The molecule has 490 valence electrons. The molecular weight excluding hydrogens is 1120 g/mol. The summed E-state index contributed by atoms with van der Waals surface area (Å²) in [6.45, 7) is 18.0. The van der Waals surface area contributed by atoms with Crippen molar-refractivity contribution in [2.75, 3.05) is 0 Å². The molecule has 0 radical (unpaired) electrons. The number of carboxylic acid groups (broad SMARTS) is 2. The molecule has 0 unspecified atom stereocenters. The Kier molecular flexibility index (Phi) is 29.6. The minimum Gasteiger partial charge on any atom is -0.481 e. The number of esters is 4. The fraction of sp³-hybridized carbons (Fsp3) is 0.739. The lowest BCUT2D eigenvalue weighted by Crippen LogP contribution is -2.43. The number of aliphatic carboxylic acids is 2. The van der Waals surface area contributed by atoms with Gasteiger partial charge in [0.25, 0.3) is 0 Å². The summed E-state index contributed by atoms with van der Waals surface area (Å²) in [5.41, 5.74) is 3.44. The Morgan fingerprint density at radius 3 is 1.34 bits per heavy atom. The summed E-state index contributed by atoms with van der Waals surface area (Å²) in [5.74, 6) is -1.57. The van der Waals surface area contributed by atoms with E-state index >= 15 is 0 Å². The maximum atomic E-state index is 12.4. The minimum atomic E-state index is -1.10. The van der Waals surface area contributed by atoms with Crippen molar-refractivity contribution in [2.24, 2.45) is 71.0 Å². The zero-order valence-electron chi connectivity index (χ0n) is 53.2. The molecule has 1 fully saturated rings. The van der Waals surface area contributed by atoms with Crippen LogP contribution in [0.4, 0.5) is 0 Å². The third-order valence-corrected chi connectivity index (χ3v) is 19.5. The summed E-state index contributed by atoms with van der Waals surface area (Å²) in [6, 6.07) is 0. The largest absolute Gasteiger partial charge is 0.481 e. The summed E-state index contributed by atoms with van der Waals surface area (Å²) in [4.78, 5) is 70.3. The molecule has 8 N–H and O–H groups in total. The highest BCUT2D eigenvalue weighted by atomic mass is 16.6. The lowest BCUT2D eigenvalue weighted by molar-refractivity contribution is -0.162. The van der Waals surface area contributed by atoms with Crippen molar-refractivity contribution in [3.05, 3.63) is 71.4 Å². The average Bonchev–Trinajstić information content (AvgIpc) is 1.73. The van der Waals surface area contributed by atoms with E-state index in [-0.39, 0.29) is 133 Å². The van der Waals surface area contributed by atoms with E-state index in [1.807, 2.05) is 53.7 Å². The molecule has 18 nitrogen and oxygen atoms in total. The Labute approximate surface area is 516 Å². The first-order valence-corrected chi connectivity index (χ1v) is 32.7. The molecular formula is C69H106O18. The molecule has 6 aliphatic carbocycles. The standard InChI is InChI=1S/C23H36O7.C23H36O6.C23H34O5/c1-4-13(2)23(29)30-20-11-17(25)9-15-6-5-14(3)19(22(15)20)8-7-16(24)10-18(26)12-21(27)28;1-4-14(2)23(28)29-20-7-5-6-16-9-8-15(3)19(22(16)20)11-10-17(24)12-18(25)13-21(26)27;1-4-14(2)23(26)28-20-7-5-6-16-9-8-15(3)19(22(16)20)11-10-18-12-17(24)13-21(25)27-18/h5-6,9,13-14,16-20,22,24-26H,4,7-8,10-12H2,1-3H3,(H,27,28);6,8-9,14-15,17-20,22,24-25H,4-5,7,10-13H2,1-3H3,(H,26,27);6,8-9,14-15,17-20,22,24H,4-5,7,10-13H2,1-3H3/t13-,14-,16+,17+,18+,19-,20-,22-;2*14-,15-,17+,18+,19-,20-,22-/m000/s1. The maximum Gasteiger partial charge on any atom is 0.308 e. The summed E-state index contributed by atoms with van der Waals surface area (Å²) in [7, 11) is 0. The lowest BCUT2D eigenvalue weighted by atomic mass is 9.66. The number of carbonyl (C=O) groups is 6. The molecule has 1 aliphatic heterocycles. The molecule has 7 rings (SSSR count). The van der Waals surface area contributed by atoms with Gasteiger partial charge in [-0.1, -0.05) is 117 Å². The number of hydrogen-bond acceptors (Lipinski definition) is 16. The van der Waals surface area contributed by atoms with E-state index in [9.17, 15) is 59.4 Å². The van der Waals surface area contributed by atoms with Crippen molar-refractivity contribution in [1.82, 2.24) is 0 Å². The van der Waals surface area contributed by atoms with Crippen LogP contribution in [0.3, 0.4) is 0 Å². The fourth-order valence-electron chi connectivity index (χ4n) is 13.8. The molecule has 7 aliphatic rings. The number of carboxylic acids is 2. The Hall–Kier alpha value is -4.98. The second-order valence-electron chi connectivity index (χ2n) is 26.3. The number of carbonyl (C=O) groups excluding carboxylic acids is 4. The summed E-state index contributed by atoms with van der Waals surface area (Å²) >= 11 is 0. The van der Waals surface area contributed by atoms with Crippen LogP contribution >= 0.6 is 0 Å². The summed E-state index contributed by atoms with van der Waals surface area (Å²) in [5, 5.41) is 77.7. The Morgan fingerprint density at radius 1 is 0.552 bits per heavy atom. The fourth-order valence-corrected chi connectivity index (χ4v) is 13.8. The van der Waals surface area contributed by atoms with E-state index in [0.717, 1.165) is 63.4 Å². The van der Waals surface area contributed by atoms with Gasteiger partial charge in [-0.05, 0) is 149 Å². The monoisotopic (exact) mass is 1220 g/mol. The highest BCUT2D eigenvalue weighted by molar-refractivity contribution is 5.73. The predicted octanol–water partition coefficient (Wildman–Crippen LogP) is 9.86. The van der Waals surface area contributed by atoms with Crippen LogP contribution in [0.2, 0.25) is 0 Å². The van der Waals surface area contributed by atoms with Crippen LogP contribution in [-0.2, 0) is 47.7 Å². The van der Waals surface area contributed by atoms with Crippen molar-refractivity contribution in [1.29, 1.82) is 0 Å². The highest BCUT2D eigenvalue weighted by Crippen LogP contribution is 2.47. The van der Waals surface area contributed by atoms with Crippen LogP contribution < -0.4 is 0 Å². The third-order valence-electron chi connectivity index (χ3n) is 19.5. The van der Waals surface area contributed by atoms with Gasteiger partial charge >= 0.3 is 35.8 Å². The minimum absolute atomic E-state index is 0.0156. The highest BCUT2D eigenvalue weighted by Gasteiger charge is 2.45. The maximum absolute atomic E-state index is 12.4. The van der Waals surface area contributed by atoms with Crippen molar-refractivity contribution < 1.29 is 88.6 Å². The predicted molar refractivity (Wildman–Crippen MR) is 328 cm³/mol. The molecule has 22 atom stereocenters. The first kappa shape index (κ1) is 72.8. The SMILES string of the molecule is CC[C@H](C)C(=O)O[C@H]1CCC=C2C=C[C@H](C)[C@H](CC[C@@H](O)C[C@@H](O)CC(=O)O)[C@H]21.CC[C@H](C)C(=O)O[C@H]1CCC=C2C=C[C@H](C)[C@H](CC[C@@H]3C[C@@H](O)CC(=O)O3)[C@H]21.CC[C@H](C)C(=O)O[C@H]1C[C@H](O)C=C2C=C[C@H](C)[C@H](CC[C@@H](O)C[C@@H](O)CC(=O)O)[C@H]21. The molecule has 0 aromatic rings. The van der Waals surface area contributed by atoms with Gasteiger partial charge in [0, 0.05) is 30.6 Å². The van der Waals surface area contributed by atoms with Crippen LogP contribution in [0.5, 0.6) is 0 Å². The molecule has 0 spiro atoms. The summed E-state index contributed by atoms with van der Waals surface area (Å²) < 4.78 is 23.2. The second-order valence-corrected chi connectivity index (χ2v) is 26.3. The van der Waals surface area contributed by atoms with Crippen molar-refractivity contribution in [2.45, 2.75) is 252 Å². The number of aliphatic hydroxyl groups is 6. The quantitative estimate of drug-likeness (QED) is 0.0295. The van der Waals surface area contributed by atoms with Crippen LogP contribution in [-0.4, -0.2) is 138 Å². The summed E-state index contributed by atoms with van der Waals surface area (Å²) in [6.07, 6.45) is 23.2. The molecule has 0 amide bonds.